The number of allylic oxidation sites excluding steroid dienone is 1. The molecule has 1 aliphatic heterocycles. The Morgan fingerprint density at radius 2 is 1.93 bits per heavy atom. The van der Waals surface area contributed by atoms with E-state index in [1.54, 1.807) is 12.1 Å². The largest absolute Gasteiger partial charge is 0.463 e. The highest BCUT2D eigenvalue weighted by atomic mass is 79.9. The van der Waals surface area contributed by atoms with E-state index in [4.69, 9.17) is 20.8 Å². The molecule has 0 amide bonds. The molecule has 0 radical (unpaired) electrons. The molecule has 0 saturated heterocycles. The summed E-state index contributed by atoms with van der Waals surface area (Å²) < 4.78 is 55.6. The zero-order valence-electron chi connectivity index (χ0n) is 20.9. The number of hydrogen-bond acceptors (Lipinski definition) is 6. The Labute approximate surface area is 242 Å². The number of carbonyl (C=O) groups is 1. The van der Waals surface area contributed by atoms with E-state index in [9.17, 15) is 22.8 Å². The van der Waals surface area contributed by atoms with Gasteiger partial charge in [-0.15, -0.1) is 0 Å². The van der Waals surface area contributed by atoms with E-state index in [0.717, 1.165) is 31.5 Å². The molecule has 0 N–H and O–H groups in total. The van der Waals surface area contributed by atoms with Crippen molar-refractivity contribution in [3.8, 4) is 11.3 Å². The molecular weight excluding hydrogens is 633 g/mol. The Morgan fingerprint density at radius 3 is 2.58 bits per heavy atom. The second-order valence-electron chi connectivity index (χ2n) is 8.80. The van der Waals surface area contributed by atoms with Gasteiger partial charge in [0.15, 0.2) is 10.5 Å². The standard InChI is InChI=1S/C28H19BrClF3N2O4S/c1-3-38-26(37)22-23(15-5-7-16(30)8-6-15)35-25(36)21(40-27(35)34-24(22)28(31,32)33)13-17-9-11-20(39-17)18-10-4-14(2)12-19(18)29/h4-13,23H,3H2,1-2H3/b21-13-/t23-/m1/s1. The molecule has 6 nitrogen and oxygen atoms in total. The number of ether oxygens (including phenoxy) is 1. The van der Waals surface area contributed by atoms with Crippen LogP contribution in [0.2, 0.25) is 5.02 Å². The van der Waals surface area contributed by atoms with Gasteiger partial charge in [0, 0.05) is 21.1 Å². The number of rotatable bonds is 5. The number of fused-ring (bicyclic) bond motifs is 1. The lowest BCUT2D eigenvalue weighted by molar-refractivity contribution is -0.140. The molecule has 12 heteroatoms. The zero-order valence-corrected chi connectivity index (χ0v) is 24.0. The van der Waals surface area contributed by atoms with Crippen LogP contribution < -0.4 is 14.9 Å². The maximum absolute atomic E-state index is 14.2. The molecule has 2 aromatic carbocycles. The van der Waals surface area contributed by atoms with Crippen molar-refractivity contribution in [1.29, 1.82) is 0 Å². The van der Waals surface area contributed by atoms with Crippen LogP contribution in [-0.2, 0) is 9.53 Å². The van der Waals surface area contributed by atoms with Crippen LogP contribution in [0.15, 0.2) is 84.5 Å². The van der Waals surface area contributed by atoms with E-state index in [-0.39, 0.29) is 21.5 Å². The zero-order chi connectivity index (χ0) is 28.8. The number of aromatic nitrogens is 1. The number of furan rings is 1. The van der Waals surface area contributed by atoms with E-state index in [1.165, 1.54) is 37.3 Å². The minimum Gasteiger partial charge on any atom is -0.463 e. The highest BCUT2D eigenvalue weighted by molar-refractivity contribution is 9.10. The smallest absolute Gasteiger partial charge is 0.434 e. The minimum atomic E-state index is -4.99. The number of nitrogens with zero attached hydrogens (tertiary/aromatic N) is 2. The van der Waals surface area contributed by atoms with Crippen LogP contribution in [0.1, 0.15) is 29.9 Å². The summed E-state index contributed by atoms with van der Waals surface area (Å²) in [5.41, 5.74) is -0.742. The molecule has 0 unspecified atom stereocenters. The van der Waals surface area contributed by atoms with Crippen molar-refractivity contribution in [2.75, 3.05) is 6.61 Å². The Balaban J connectivity index is 1.70. The van der Waals surface area contributed by atoms with Gasteiger partial charge in [-0.1, -0.05) is 57.1 Å². The number of hydrogen-bond donors (Lipinski definition) is 0. The molecule has 206 valence electrons. The fourth-order valence-electron chi connectivity index (χ4n) is 4.33. The SMILES string of the molecule is CCOC(=O)C1=C(C(F)(F)F)N=c2s/c(=C\c3ccc(-c4ccc(C)cc4Br)o3)c(=O)n2[C@@H]1c1ccc(Cl)cc1. The van der Waals surface area contributed by atoms with Crippen LogP contribution in [0.4, 0.5) is 13.2 Å². The summed E-state index contributed by atoms with van der Waals surface area (Å²) in [7, 11) is 0. The van der Waals surface area contributed by atoms with E-state index in [2.05, 4.69) is 20.9 Å². The van der Waals surface area contributed by atoms with Gasteiger partial charge >= 0.3 is 12.1 Å². The first-order chi connectivity index (χ1) is 19.0. The summed E-state index contributed by atoms with van der Waals surface area (Å²) >= 11 is 10.3. The summed E-state index contributed by atoms with van der Waals surface area (Å²) in [6.45, 7) is 3.27. The minimum absolute atomic E-state index is 0.0771. The topological polar surface area (TPSA) is 73.8 Å². The van der Waals surface area contributed by atoms with Crippen LogP contribution >= 0.6 is 38.9 Å². The Morgan fingerprint density at radius 1 is 1.20 bits per heavy atom. The summed E-state index contributed by atoms with van der Waals surface area (Å²) in [6.07, 6.45) is -3.55. The first-order valence-corrected chi connectivity index (χ1v) is 13.9. The average molecular weight is 652 g/mol. The van der Waals surface area contributed by atoms with Crippen molar-refractivity contribution in [3.63, 3.8) is 0 Å². The molecule has 0 fully saturated rings. The molecule has 1 atom stereocenters. The van der Waals surface area contributed by atoms with Crippen LogP contribution in [0.5, 0.6) is 0 Å². The summed E-state index contributed by atoms with van der Waals surface area (Å²) in [4.78, 5) is 30.1. The van der Waals surface area contributed by atoms with Crippen LogP contribution in [0.25, 0.3) is 17.4 Å². The third-order valence-electron chi connectivity index (χ3n) is 6.07. The van der Waals surface area contributed by atoms with Gasteiger partial charge in [0.05, 0.1) is 22.8 Å². The average Bonchev–Trinajstić information content (AvgIpc) is 3.47. The summed E-state index contributed by atoms with van der Waals surface area (Å²) in [5.74, 6) is -0.363. The van der Waals surface area contributed by atoms with Gasteiger partial charge in [0.2, 0.25) is 0 Å². The number of thiazole rings is 1. The van der Waals surface area contributed by atoms with Gasteiger partial charge in [-0.2, -0.15) is 13.2 Å². The number of benzene rings is 2. The molecule has 0 spiro atoms. The van der Waals surface area contributed by atoms with Gasteiger partial charge in [-0.05, 0) is 61.4 Å². The lowest BCUT2D eigenvalue weighted by Gasteiger charge is -2.26. The number of aryl methyl sites for hydroxylation is 1. The third kappa shape index (κ3) is 5.33. The van der Waals surface area contributed by atoms with Crippen LogP contribution in [-0.4, -0.2) is 23.3 Å². The molecule has 4 aromatic rings. The van der Waals surface area contributed by atoms with Crippen molar-refractivity contribution in [2.24, 2.45) is 4.99 Å². The quantitative estimate of drug-likeness (QED) is 0.237. The molecule has 5 rings (SSSR count). The molecule has 2 aromatic heterocycles. The van der Waals surface area contributed by atoms with Gasteiger partial charge in [0.25, 0.3) is 5.56 Å². The Bertz CT molecular complexity index is 1840. The fourth-order valence-corrected chi connectivity index (χ4v) is 6.12. The molecular formula is C28H19BrClF3N2O4S. The number of alkyl halides is 3. The van der Waals surface area contributed by atoms with E-state index < -0.39 is 35.0 Å². The van der Waals surface area contributed by atoms with Crippen molar-refractivity contribution in [1.82, 2.24) is 4.57 Å². The van der Waals surface area contributed by atoms with Crippen molar-refractivity contribution in [2.45, 2.75) is 26.1 Å². The molecule has 40 heavy (non-hydrogen) atoms. The predicted molar refractivity (Wildman–Crippen MR) is 149 cm³/mol. The van der Waals surface area contributed by atoms with Crippen molar-refractivity contribution >= 4 is 50.9 Å². The van der Waals surface area contributed by atoms with Gasteiger partial charge in [0.1, 0.15) is 11.5 Å². The molecule has 0 saturated carbocycles. The summed E-state index contributed by atoms with van der Waals surface area (Å²) in [6, 6.07) is 13.5. The Kier molecular flexibility index (Phi) is 7.64. The maximum atomic E-state index is 14.2. The van der Waals surface area contributed by atoms with Crippen LogP contribution in [0.3, 0.4) is 0 Å². The number of esters is 1. The van der Waals surface area contributed by atoms with Gasteiger partial charge in [-0.3, -0.25) is 9.36 Å². The highest BCUT2D eigenvalue weighted by Gasteiger charge is 2.45. The first kappa shape index (κ1) is 28.1. The second kappa shape index (κ2) is 10.9. The van der Waals surface area contributed by atoms with E-state index in [1.807, 2.05) is 25.1 Å². The van der Waals surface area contributed by atoms with E-state index >= 15 is 0 Å². The third-order valence-corrected chi connectivity index (χ3v) is 7.96. The lowest BCUT2D eigenvalue weighted by atomic mass is 9.95. The van der Waals surface area contributed by atoms with Gasteiger partial charge in [-0.25, -0.2) is 9.79 Å². The van der Waals surface area contributed by atoms with Gasteiger partial charge < -0.3 is 9.15 Å². The fraction of sp³-hybridized carbons (Fsp3) is 0.179. The van der Waals surface area contributed by atoms with Crippen molar-refractivity contribution < 1.29 is 27.1 Å². The molecule has 0 aliphatic carbocycles. The Hall–Kier alpha value is -3.41. The highest BCUT2D eigenvalue weighted by Crippen LogP contribution is 2.38. The summed E-state index contributed by atoms with van der Waals surface area (Å²) in [5, 5.41) is 0.336. The lowest BCUT2D eigenvalue weighted by Crippen LogP contribution is -2.41. The second-order valence-corrected chi connectivity index (χ2v) is 11.1. The van der Waals surface area contributed by atoms with Crippen molar-refractivity contribution in [3.05, 3.63) is 112 Å². The molecule has 1 aliphatic rings. The predicted octanol–water partition coefficient (Wildman–Crippen LogP) is 6.33. The normalized spacial score (nSPS) is 15.7. The maximum Gasteiger partial charge on any atom is 0.434 e. The van der Waals surface area contributed by atoms with E-state index in [0.29, 0.717) is 16.5 Å². The monoisotopic (exact) mass is 650 g/mol. The number of carbonyl (C=O) groups excluding carboxylic acids is 1. The number of halogens is 5. The molecule has 3 heterocycles. The van der Waals surface area contributed by atoms with Crippen LogP contribution in [0, 0.1) is 6.92 Å². The first-order valence-electron chi connectivity index (χ1n) is 11.9. The molecule has 0 bridgehead atoms.